The van der Waals surface area contributed by atoms with Crippen molar-refractivity contribution in [2.24, 2.45) is 5.41 Å². The van der Waals surface area contributed by atoms with E-state index in [9.17, 15) is 36.0 Å². The van der Waals surface area contributed by atoms with E-state index in [1.165, 1.54) is 6.92 Å². The van der Waals surface area contributed by atoms with Crippen LogP contribution in [0.15, 0.2) is 18.2 Å². The van der Waals surface area contributed by atoms with Crippen LogP contribution in [-0.2, 0) is 29.2 Å². The molecule has 13 heteroatoms. The Morgan fingerprint density at radius 3 is 2.22 bits per heavy atom. The summed E-state index contributed by atoms with van der Waals surface area (Å²) >= 11 is 0. The molecule has 0 amide bonds. The molecule has 1 unspecified atom stereocenters. The van der Waals surface area contributed by atoms with Crippen LogP contribution in [0.1, 0.15) is 43.1 Å². The van der Waals surface area contributed by atoms with Crippen molar-refractivity contribution >= 4 is 28.0 Å². The number of carbonyl (C=O) groups is 3. The van der Waals surface area contributed by atoms with Gasteiger partial charge in [-0.3, -0.25) is 9.35 Å². The van der Waals surface area contributed by atoms with Crippen LogP contribution in [0.4, 0.5) is 13.2 Å². The summed E-state index contributed by atoms with van der Waals surface area (Å²) in [7, 11) is -5.08. The predicted molar refractivity (Wildman–Crippen MR) is 104 cm³/mol. The molecule has 0 heterocycles. The second-order valence-corrected chi connectivity index (χ2v) is 8.95. The Morgan fingerprint density at radius 1 is 1.16 bits per heavy atom. The minimum Gasteiger partial charge on any atom is -0.453 e. The number of carbonyl (C=O) groups excluding carboxylic acids is 3. The fourth-order valence-corrected chi connectivity index (χ4v) is 2.73. The summed E-state index contributed by atoms with van der Waals surface area (Å²) in [4.78, 5) is 35.8. The second kappa shape index (κ2) is 10.3. The maximum atomic E-state index is 12.9. The molecule has 1 aromatic carbocycles. The van der Waals surface area contributed by atoms with Gasteiger partial charge in [-0.1, -0.05) is 6.92 Å². The summed E-state index contributed by atoms with van der Waals surface area (Å²) in [5, 5.41) is 0. The van der Waals surface area contributed by atoms with Crippen LogP contribution in [-0.4, -0.2) is 55.5 Å². The van der Waals surface area contributed by atoms with Crippen LogP contribution in [0.3, 0.4) is 0 Å². The third-order valence-electron chi connectivity index (χ3n) is 4.37. The highest BCUT2D eigenvalue weighted by Crippen LogP contribution is 2.26. The molecule has 0 fully saturated rings. The van der Waals surface area contributed by atoms with E-state index >= 15 is 0 Å². The SMILES string of the molecule is CCC(C)(C)C(=O)OCC(=O)Oc1ccc(C(=O)OC(CS(=O)(=O)O)C(F)(F)F)cc1C. The minimum absolute atomic E-state index is 0.0531. The number of benzene rings is 1. The zero-order valence-electron chi connectivity index (χ0n) is 17.7. The van der Waals surface area contributed by atoms with E-state index in [0.29, 0.717) is 6.42 Å². The van der Waals surface area contributed by atoms with Gasteiger partial charge in [0.25, 0.3) is 10.1 Å². The molecule has 32 heavy (non-hydrogen) atoms. The first-order valence-electron chi connectivity index (χ1n) is 9.17. The summed E-state index contributed by atoms with van der Waals surface area (Å²) in [6, 6.07) is 3.15. The third-order valence-corrected chi connectivity index (χ3v) is 5.09. The Bertz CT molecular complexity index is 969. The monoisotopic (exact) mass is 484 g/mol. The van der Waals surface area contributed by atoms with Crippen molar-refractivity contribution in [3.63, 3.8) is 0 Å². The van der Waals surface area contributed by atoms with E-state index in [1.54, 1.807) is 20.8 Å². The molecule has 0 bridgehead atoms. The van der Waals surface area contributed by atoms with Gasteiger partial charge in [0, 0.05) is 0 Å². The lowest BCUT2D eigenvalue weighted by Crippen LogP contribution is -2.39. The van der Waals surface area contributed by atoms with Crippen molar-refractivity contribution in [2.45, 2.75) is 46.4 Å². The van der Waals surface area contributed by atoms with Gasteiger partial charge in [0.1, 0.15) is 11.5 Å². The Kier molecular flexibility index (Phi) is 8.81. The molecule has 0 aliphatic heterocycles. The number of esters is 3. The highest BCUT2D eigenvalue weighted by Gasteiger charge is 2.45. The standard InChI is InChI=1S/C19H23F3O9S/c1-5-18(3,4)17(25)29-9-15(23)30-13-7-6-12(8-11(13)2)16(24)31-14(19(20,21)22)10-32(26,27)28/h6-8,14H,5,9-10H2,1-4H3,(H,26,27,28). The molecule has 0 radical (unpaired) electrons. The molecule has 0 spiro atoms. The Hall–Kier alpha value is -2.67. The predicted octanol–water partition coefficient (Wildman–Crippen LogP) is 2.86. The zero-order valence-corrected chi connectivity index (χ0v) is 18.5. The van der Waals surface area contributed by atoms with E-state index in [2.05, 4.69) is 4.74 Å². The van der Waals surface area contributed by atoms with Gasteiger partial charge in [0.2, 0.25) is 6.10 Å². The van der Waals surface area contributed by atoms with E-state index in [4.69, 9.17) is 14.0 Å². The Balaban J connectivity index is 2.84. The first kappa shape index (κ1) is 27.4. The molecule has 0 aromatic heterocycles. The molecular formula is C19H23F3O9S. The quantitative estimate of drug-likeness (QED) is 0.319. The molecule has 9 nitrogen and oxygen atoms in total. The van der Waals surface area contributed by atoms with Crippen LogP contribution >= 0.6 is 0 Å². The van der Waals surface area contributed by atoms with Crippen LogP contribution in [0.5, 0.6) is 5.75 Å². The first-order chi connectivity index (χ1) is 14.5. The van der Waals surface area contributed by atoms with Gasteiger partial charge in [-0.2, -0.15) is 21.6 Å². The maximum absolute atomic E-state index is 12.9. The topological polar surface area (TPSA) is 133 Å². The number of halogens is 3. The smallest absolute Gasteiger partial charge is 0.426 e. The second-order valence-electron chi connectivity index (χ2n) is 7.45. The maximum Gasteiger partial charge on any atom is 0.426 e. The highest BCUT2D eigenvalue weighted by molar-refractivity contribution is 7.85. The molecule has 0 aliphatic rings. The molecule has 0 saturated heterocycles. The largest absolute Gasteiger partial charge is 0.453 e. The summed E-state index contributed by atoms with van der Waals surface area (Å²) < 4.78 is 82.9. The van der Waals surface area contributed by atoms with Gasteiger partial charge in [0.05, 0.1) is 11.0 Å². The van der Waals surface area contributed by atoms with Crippen molar-refractivity contribution in [3.8, 4) is 5.75 Å². The fraction of sp³-hybridized carbons (Fsp3) is 0.526. The van der Waals surface area contributed by atoms with E-state index in [-0.39, 0.29) is 16.9 Å². The average Bonchev–Trinajstić information content (AvgIpc) is 2.65. The highest BCUT2D eigenvalue weighted by atomic mass is 32.2. The van der Waals surface area contributed by atoms with Crippen molar-refractivity contribution in [1.82, 2.24) is 0 Å². The molecule has 0 aliphatic carbocycles. The van der Waals surface area contributed by atoms with Crippen molar-refractivity contribution in [1.29, 1.82) is 0 Å². The molecule has 0 saturated carbocycles. The van der Waals surface area contributed by atoms with Gasteiger partial charge in [-0.15, -0.1) is 0 Å². The lowest BCUT2D eigenvalue weighted by atomic mass is 9.91. The number of aryl methyl sites for hydroxylation is 1. The van der Waals surface area contributed by atoms with E-state index in [1.807, 2.05) is 0 Å². The number of hydrogen-bond acceptors (Lipinski definition) is 8. The van der Waals surface area contributed by atoms with Crippen LogP contribution in [0.25, 0.3) is 0 Å². The van der Waals surface area contributed by atoms with Gasteiger partial charge in [-0.05, 0) is 51.0 Å². The summed E-state index contributed by atoms with van der Waals surface area (Å²) in [6.07, 6.45) is -7.83. The van der Waals surface area contributed by atoms with Crippen molar-refractivity contribution in [3.05, 3.63) is 29.3 Å². The molecule has 1 rings (SSSR count). The molecule has 180 valence electrons. The molecule has 1 atom stereocenters. The lowest BCUT2D eigenvalue weighted by molar-refractivity contribution is -0.197. The molecular weight excluding hydrogens is 461 g/mol. The fourth-order valence-electron chi connectivity index (χ4n) is 2.09. The summed E-state index contributed by atoms with van der Waals surface area (Å²) in [5.74, 6) is -4.94. The number of alkyl halides is 3. The lowest BCUT2D eigenvalue weighted by Gasteiger charge is -2.20. The van der Waals surface area contributed by atoms with Gasteiger partial charge >= 0.3 is 24.1 Å². The number of rotatable bonds is 9. The normalized spacial score (nSPS) is 13.2. The third kappa shape index (κ3) is 8.46. The van der Waals surface area contributed by atoms with Gasteiger partial charge < -0.3 is 14.2 Å². The van der Waals surface area contributed by atoms with Crippen molar-refractivity contribution < 1.29 is 54.7 Å². The van der Waals surface area contributed by atoms with Crippen LogP contribution in [0.2, 0.25) is 0 Å². The van der Waals surface area contributed by atoms with Crippen LogP contribution in [0, 0.1) is 12.3 Å². The van der Waals surface area contributed by atoms with Crippen LogP contribution < -0.4 is 4.74 Å². The summed E-state index contributed by atoms with van der Waals surface area (Å²) in [5.41, 5.74) is -1.02. The zero-order chi connectivity index (χ0) is 24.9. The minimum atomic E-state index is -5.24. The van der Waals surface area contributed by atoms with Gasteiger partial charge in [-0.25, -0.2) is 9.59 Å². The van der Waals surface area contributed by atoms with E-state index in [0.717, 1.165) is 18.2 Å². The Morgan fingerprint density at radius 2 is 1.75 bits per heavy atom. The van der Waals surface area contributed by atoms with Gasteiger partial charge in [0.15, 0.2) is 6.61 Å². The number of ether oxygens (including phenoxy) is 3. The first-order valence-corrected chi connectivity index (χ1v) is 10.8. The van der Waals surface area contributed by atoms with Crippen molar-refractivity contribution in [2.75, 3.05) is 12.4 Å². The molecule has 1 N–H and O–H groups in total. The Labute approximate surface area is 182 Å². The number of hydrogen-bond donors (Lipinski definition) is 1. The average molecular weight is 484 g/mol. The van der Waals surface area contributed by atoms with E-state index < -0.39 is 58.1 Å². The molecule has 1 aromatic rings. The summed E-state index contributed by atoms with van der Waals surface area (Å²) in [6.45, 7) is 5.76.